The number of halogens is 4. The van der Waals surface area contributed by atoms with Crippen LogP contribution in [0.25, 0.3) is 0 Å². The predicted octanol–water partition coefficient (Wildman–Crippen LogP) is 3.44. The summed E-state index contributed by atoms with van der Waals surface area (Å²) >= 11 is 0. The van der Waals surface area contributed by atoms with Gasteiger partial charge in [0, 0.05) is 6.42 Å². The highest BCUT2D eigenvalue weighted by Crippen LogP contribution is 2.40. The molecule has 1 aromatic carbocycles. The fourth-order valence-electron chi connectivity index (χ4n) is 2.38. The fourth-order valence-corrected chi connectivity index (χ4v) is 2.86. The highest BCUT2D eigenvalue weighted by Gasteiger charge is 2.65. The van der Waals surface area contributed by atoms with E-state index < -0.39 is 45.9 Å². The lowest BCUT2D eigenvalue weighted by molar-refractivity contribution is -0.168. The molecule has 0 aliphatic rings. The van der Waals surface area contributed by atoms with Crippen LogP contribution in [-0.2, 0) is 21.3 Å². The molecular weight excluding hydrogens is 408 g/mol. The third kappa shape index (κ3) is 5.65. The molecule has 0 amide bonds. The van der Waals surface area contributed by atoms with Gasteiger partial charge in [0.25, 0.3) is 0 Å². The van der Waals surface area contributed by atoms with Crippen LogP contribution in [0.3, 0.4) is 0 Å². The van der Waals surface area contributed by atoms with E-state index in [1.165, 1.54) is 18.2 Å². The zero-order valence-electron chi connectivity index (χ0n) is 15.3. The first-order valence-corrected chi connectivity index (χ1v) is 9.84. The minimum Gasteiger partial charge on any atom is -0.462 e. The number of hydrogen-bond donors (Lipinski definition) is 2. The van der Waals surface area contributed by atoms with Crippen molar-refractivity contribution in [3.05, 3.63) is 35.4 Å². The van der Waals surface area contributed by atoms with E-state index in [0.717, 1.165) is 0 Å². The number of hydrogen-bond acceptors (Lipinski definition) is 5. The topological polar surface area (TPSA) is 101 Å². The number of rotatable bonds is 10. The van der Waals surface area contributed by atoms with Gasteiger partial charge < -0.3 is 9.84 Å². The maximum absolute atomic E-state index is 13.4. The average Bonchev–Trinajstić information content (AvgIpc) is 2.60. The van der Waals surface area contributed by atoms with E-state index in [1.807, 2.05) is 0 Å². The Labute approximate surface area is 160 Å². The van der Waals surface area contributed by atoms with Crippen molar-refractivity contribution in [1.82, 2.24) is 0 Å². The highest BCUT2D eigenvalue weighted by atomic mass is 32.2. The third-order valence-electron chi connectivity index (χ3n) is 4.41. The van der Waals surface area contributed by atoms with Gasteiger partial charge >= 0.3 is 27.3 Å². The lowest BCUT2D eigenvalue weighted by Gasteiger charge is -2.25. The van der Waals surface area contributed by atoms with Gasteiger partial charge in [0.15, 0.2) is 0 Å². The number of alkyl halides is 4. The summed E-state index contributed by atoms with van der Waals surface area (Å²) in [5, 5.41) is 4.63. The van der Waals surface area contributed by atoms with Crippen LogP contribution in [0, 0.1) is 0 Å². The molecule has 0 aliphatic heterocycles. The summed E-state index contributed by atoms with van der Waals surface area (Å²) in [7, 11) is -6.34. The molecule has 2 N–H and O–H groups in total. The Morgan fingerprint density at radius 3 is 2.21 bits per heavy atom. The quantitative estimate of drug-likeness (QED) is 0.335. The average molecular weight is 430 g/mol. The zero-order valence-corrected chi connectivity index (χ0v) is 16.1. The molecule has 0 fully saturated rings. The van der Waals surface area contributed by atoms with Gasteiger partial charge in [0.1, 0.15) is 0 Å². The molecule has 0 spiro atoms. The van der Waals surface area contributed by atoms with Crippen molar-refractivity contribution in [3.8, 4) is 0 Å². The first kappa shape index (κ1) is 24.3. The number of carbonyl (C=O) groups is 1. The largest absolute Gasteiger partial charge is 0.462 e. The van der Waals surface area contributed by atoms with Crippen molar-refractivity contribution in [2.45, 2.75) is 56.3 Å². The summed E-state index contributed by atoms with van der Waals surface area (Å²) in [5.41, 5.74) is -0.438. The van der Waals surface area contributed by atoms with E-state index in [4.69, 9.17) is 4.55 Å². The third-order valence-corrected chi connectivity index (χ3v) is 5.36. The molecule has 6 nitrogen and oxygen atoms in total. The second-order valence-corrected chi connectivity index (χ2v) is 7.85. The number of esters is 1. The number of carbonyl (C=O) groups excluding carboxylic acids is 1. The Hall–Kier alpha value is -1.72. The lowest BCUT2D eigenvalue weighted by atomic mass is 9.89. The number of aliphatic hydroxyl groups is 1. The van der Waals surface area contributed by atoms with Crippen molar-refractivity contribution in [2.24, 2.45) is 0 Å². The molecule has 28 heavy (non-hydrogen) atoms. The van der Waals surface area contributed by atoms with Gasteiger partial charge in [0.2, 0.25) is 0 Å². The van der Waals surface area contributed by atoms with Crippen molar-refractivity contribution in [1.29, 1.82) is 0 Å². The van der Waals surface area contributed by atoms with Crippen molar-refractivity contribution >= 4 is 16.1 Å². The van der Waals surface area contributed by atoms with E-state index in [0.29, 0.717) is 18.4 Å². The molecule has 0 saturated carbocycles. The minimum atomic E-state index is -6.34. The molecule has 0 saturated heterocycles. The van der Waals surface area contributed by atoms with E-state index in [9.17, 15) is 35.9 Å². The van der Waals surface area contributed by atoms with Crippen molar-refractivity contribution < 1.29 is 45.2 Å². The van der Waals surface area contributed by atoms with Gasteiger partial charge in [-0.05, 0) is 30.5 Å². The molecule has 0 bridgehead atoms. The van der Waals surface area contributed by atoms with Crippen LogP contribution in [0.1, 0.15) is 49.0 Å². The molecule has 0 atom stereocenters. The molecule has 0 heterocycles. The molecular formula is C17H22F4O6S. The van der Waals surface area contributed by atoms with Crippen LogP contribution in [0.15, 0.2) is 24.3 Å². The Balaban J connectivity index is 2.78. The molecule has 1 aromatic rings. The second kappa shape index (κ2) is 8.75. The van der Waals surface area contributed by atoms with Crippen LogP contribution in [-0.4, -0.2) is 47.4 Å². The monoisotopic (exact) mass is 430 g/mol. The SMILES string of the molecule is CCC(O)(CC)Cc1cccc(C(=O)OCCC(F)(F)C(F)(F)S(=O)(=O)O)c1. The minimum absolute atomic E-state index is 0.0445. The van der Waals surface area contributed by atoms with Crippen molar-refractivity contribution in [3.63, 3.8) is 0 Å². The van der Waals surface area contributed by atoms with Crippen LogP contribution in [0.5, 0.6) is 0 Å². The van der Waals surface area contributed by atoms with Crippen LogP contribution in [0.2, 0.25) is 0 Å². The van der Waals surface area contributed by atoms with Gasteiger partial charge in [-0.3, -0.25) is 4.55 Å². The Morgan fingerprint density at radius 1 is 1.14 bits per heavy atom. The van der Waals surface area contributed by atoms with Gasteiger partial charge in [0.05, 0.1) is 24.2 Å². The number of benzene rings is 1. The van der Waals surface area contributed by atoms with E-state index in [2.05, 4.69) is 4.74 Å². The summed E-state index contributed by atoms with van der Waals surface area (Å²) in [5.74, 6) is -6.22. The molecule has 160 valence electrons. The first-order valence-electron chi connectivity index (χ1n) is 8.40. The zero-order chi connectivity index (χ0) is 21.8. The van der Waals surface area contributed by atoms with Crippen LogP contribution >= 0.6 is 0 Å². The highest BCUT2D eigenvalue weighted by molar-refractivity contribution is 7.87. The standard InChI is InChI=1S/C17H22F4O6S/c1-3-15(23,4-2)11-12-6-5-7-13(10-12)14(22)27-9-8-16(18,19)17(20,21)28(24,25)26/h5-7,10,23H,3-4,8-9,11H2,1-2H3,(H,24,25,26). The Morgan fingerprint density at radius 2 is 1.71 bits per heavy atom. The molecule has 1 rings (SSSR count). The summed E-state index contributed by atoms with van der Waals surface area (Å²) in [6.07, 6.45) is -0.638. The first-order chi connectivity index (χ1) is 12.7. The maximum atomic E-state index is 13.4. The second-order valence-electron chi connectivity index (χ2n) is 6.39. The van der Waals surface area contributed by atoms with Gasteiger partial charge in [-0.25, -0.2) is 4.79 Å². The lowest BCUT2D eigenvalue weighted by Crippen LogP contribution is -2.47. The van der Waals surface area contributed by atoms with Gasteiger partial charge in [-0.1, -0.05) is 26.0 Å². The number of ether oxygens (including phenoxy) is 1. The molecule has 0 radical (unpaired) electrons. The van der Waals surface area contributed by atoms with Crippen LogP contribution in [0.4, 0.5) is 17.6 Å². The smallest absolute Gasteiger partial charge is 0.431 e. The molecule has 0 aromatic heterocycles. The van der Waals surface area contributed by atoms with E-state index in [1.54, 1.807) is 19.9 Å². The summed E-state index contributed by atoms with van der Waals surface area (Å²) in [6.45, 7) is 2.39. The summed E-state index contributed by atoms with van der Waals surface area (Å²) < 4.78 is 86.5. The predicted molar refractivity (Wildman–Crippen MR) is 92.0 cm³/mol. The van der Waals surface area contributed by atoms with Crippen LogP contribution < -0.4 is 0 Å². The Bertz CT molecular complexity index is 791. The fraction of sp³-hybridized carbons (Fsp3) is 0.588. The summed E-state index contributed by atoms with van der Waals surface area (Å²) in [6, 6.07) is 5.82. The van der Waals surface area contributed by atoms with E-state index in [-0.39, 0.29) is 12.0 Å². The summed E-state index contributed by atoms with van der Waals surface area (Å²) in [4.78, 5) is 11.9. The molecule has 11 heteroatoms. The Kier molecular flexibility index (Phi) is 7.60. The molecule has 0 aliphatic carbocycles. The van der Waals surface area contributed by atoms with Gasteiger partial charge in [-0.2, -0.15) is 26.0 Å². The van der Waals surface area contributed by atoms with Crippen molar-refractivity contribution in [2.75, 3.05) is 6.61 Å². The van der Waals surface area contributed by atoms with E-state index >= 15 is 0 Å². The van der Waals surface area contributed by atoms with Gasteiger partial charge in [-0.15, -0.1) is 0 Å². The maximum Gasteiger partial charge on any atom is 0.431 e. The molecule has 0 unspecified atom stereocenters. The normalized spacial score (nSPS) is 13.4.